The molecule has 0 aliphatic carbocycles. The van der Waals surface area contributed by atoms with Gasteiger partial charge in [-0.2, -0.15) is 0 Å². The third-order valence-electron chi connectivity index (χ3n) is 2.98. The highest BCUT2D eigenvalue weighted by atomic mass is 35.5. The van der Waals surface area contributed by atoms with Crippen molar-refractivity contribution in [3.63, 3.8) is 0 Å². The summed E-state index contributed by atoms with van der Waals surface area (Å²) in [5.41, 5.74) is 0.864. The van der Waals surface area contributed by atoms with E-state index in [4.69, 9.17) is 16.3 Å². The van der Waals surface area contributed by atoms with Crippen molar-refractivity contribution in [1.82, 2.24) is 0 Å². The van der Waals surface area contributed by atoms with E-state index in [1.807, 2.05) is 6.92 Å². The number of carbonyl (C=O) groups is 1. The Kier molecular flexibility index (Phi) is 5.07. The van der Waals surface area contributed by atoms with Gasteiger partial charge in [-0.25, -0.2) is 4.79 Å². The van der Waals surface area contributed by atoms with E-state index in [9.17, 15) is 15.0 Å². The van der Waals surface area contributed by atoms with Crippen LogP contribution in [0.2, 0.25) is 5.02 Å². The van der Waals surface area contributed by atoms with E-state index in [0.29, 0.717) is 28.5 Å². The van der Waals surface area contributed by atoms with Gasteiger partial charge in [0.1, 0.15) is 11.5 Å². The highest BCUT2D eigenvalue weighted by Gasteiger charge is 2.13. The molecule has 0 fully saturated rings. The van der Waals surface area contributed by atoms with E-state index < -0.39 is 5.97 Å². The largest absolute Gasteiger partial charge is 0.507 e. The van der Waals surface area contributed by atoms with Crippen molar-refractivity contribution in [2.75, 3.05) is 6.61 Å². The molecule has 2 aromatic carbocycles. The minimum atomic E-state index is -1.10. The molecule has 5 heteroatoms. The molecule has 0 atom stereocenters. The standard InChI is InChI=1S/C17H15ClO4/c1-2-22-14-5-3-4-11(9-14)15(17(20)21)10-12-8-13(18)6-7-16(12)19/h3-10,19H,2H2,1H3,(H,20,21)/b15-10-. The molecule has 2 N–H and O–H groups in total. The first-order valence-corrected chi connectivity index (χ1v) is 7.05. The zero-order chi connectivity index (χ0) is 16.1. The monoisotopic (exact) mass is 318 g/mol. The first-order chi connectivity index (χ1) is 10.5. The van der Waals surface area contributed by atoms with Crippen LogP contribution in [0.4, 0.5) is 0 Å². The van der Waals surface area contributed by atoms with E-state index in [2.05, 4.69) is 0 Å². The number of aromatic hydroxyl groups is 1. The molecule has 0 aromatic heterocycles. The average molecular weight is 319 g/mol. The SMILES string of the molecule is CCOc1cccc(/C(=C/c2cc(Cl)ccc2O)C(=O)O)c1. The van der Waals surface area contributed by atoms with Crippen molar-refractivity contribution in [2.45, 2.75) is 6.92 Å². The van der Waals surface area contributed by atoms with Crippen LogP contribution in [-0.4, -0.2) is 22.8 Å². The van der Waals surface area contributed by atoms with Crippen LogP contribution in [0.1, 0.15) is 18.1 Å². The van der Waals surface area contributed by atoms with Crippen molar-refractivity contribution < 1.29 is 19.7 Å². The minimum Gasteiger partial charge on any atom is -0.507 e. The number of halogens is 1. The molecule has 0 radical (unpaired) electrons. The van der Waals surface area contributed by atoms with Gasteiger partial charge in [0.2, 0.25) is 0 Å². The van der Waals surface area contributed by atoms with Crippen LogP contribution >= 0.6 is 11.6 Å². The van der Waals surface area contributed by atoms with Gasteiger partial charge in [0.15, 0.2) is 0 Å². The van der Waals surface area contributed by atoms with E-state index >= 15 is 0 Å². The van der Waals surface area contributed by atoms with Crippen molar-refractivity contribution in [2.24, 2.45) is 0 Å². The summed E-state index contributed by atoms with van der Waals surface area (Å²) in [6, 6.07) is 11.2. The highest BCUT2D eigenvalue weighted by Crippen LogP contribution is 2.28. The van der Waals surface area contributed by atoms with Crippen LogP contribution in [0.25, 0.3) is 11.6 Å². The highest BCUT2D eigenvalue weighted by molar-refractivity contribution is 6.31. The maximum absolute atomic E-state index is 11.5. The summed E-state index contributed by atoms with van der Waals surface area (Å²) in [5.74, 6) is -0.556. The number of rotatable bonds is 5. The molecule has 0 bridgehead atoms. The first-order valence-electron chi connectivity index (χ1n) is 6.68. The van der Waals surface area contributed by atoms with Crippen LogP contribution in [-0.2, 0) is 4.79 Å². The number of aliphatic carboxylic acids is 1. The molecular weight excluding hydrogens is 304 g/mol. The normalized spacial score (nSPS) is 11.3. The molecule has 0 aliphatic rings. The number of phenolic OH excluding ortho intramolecular Hbond substituents is 1. The van der Waals surface area contributed by atoms with Crippen molar-refractivity contribution in [3.8, 4) is 11.5 Å². The fraction of sp³-hybridized carbons (Fsp3) is 0.118. The molecule has 114 valence electrons. The van der Waals surface area contributed by atoms with Gasteiger partial charge in [0, 0.05) is 10.6 Å². The summed E-state index contributed by atoms with van der Waals surface area (Å²) in [7, 11) is 0. The summed E-state index contributed by atoms with van der Waals surface area (Å²) in [6.45, 7) is 2.34. The molecule has 4 nitrogen and oxygen atoms in total. The zero-order valence-corrected chi connectivity index (χ0v) is 12.7. The van der Waals surface area contributed by atoms with E-state index in [-0.39, 0.29) is 11.3 Å². The maximum atomic E-state index is 11.5. The smallest absolute Gasteiger partial charge is 0.336 e. The number of benzene rings is 2. The Balaban J connectivity index is 2.50. The molecule has 22 heavy (non-hydrogen) atoms. The molecule has 0 heterocycles. The van der Waals surface area contributed by atoms with Crippen molar-refractivity contribution >= 4 is 29.2 Å². The van der Waals surface area contributed by atoms with E-state index in [1.165, 1.54) is 24.3 Å². The quantitative estimate of drug-likeness (QED) is 0.644. The van der Waals surface area contributed by atoms with E-state index in [1.54, 1.807) is 24.3 Å². The summed E-state index contributed by atoms with van der Waals surface area (Å²) >= 11 is 5.88. The Morgan fingerprint density at radius 2 is 2.05 bits per heavy atom. The predicted molar refractivity (Wildman–Crippen MR) is 86.2 cm³/mol. The lowest BCUT2D eigenvalue weighted by atomic mass is 10.0. The lowest BCUT2D eigenvalue weighted by Crippen LogP contribution is -2.00. The van der Waals surface area contributed by atoms with Crippen molar-refractivity contribution in [1.29, 1.82) is 0 Å². The second kappa shape index (κ2) is 7.00. The van der Waals surface area contributed by atoms with Gasteiger partial charge in [-0.3, -0.25) is 0 Å². The van der Waals surface area contributed by atoms with Crippen LogP contribution in [0.3, 0.4) is 0 Å². The molecule has 0 amide bonds. The Morgan fingerprint density at radius 3 is 2.73 bits per heavy atom. The van der Waals surface area contributed by atoms with Gasteiger partial charge < -0.3 is 14.9 Å². The summed E-state index contributed by atoms with van der Waals surface area (Å²) in [6.07, 6.45) is 1.38. The summed E-state index contributed by atoms with van der Waals surface area (Å²) < 4.78 is 5.38. The molecule has 0 unspecified atom stereocenters. The van der Waals surface area contributed by atoms with Gasteiger partial charge >= 0.3 is 5.97 Å². The minimum absolute atomic E-state index is 0.0379. The fourth-order valence-corrected chi connectivity index (χ4v) is 2.17. The second-order valence-corrected chi connectivity index (χ2v) is 4.96. The molecule has 0 spiro atoms. The molecular formula is C17H15ClO4. The van der Waals surface area contributed by atoms with Crippen LogP contribution in [0.5, 0.6) is 11.5 Å². The number of hydrogen-bond donors (Lipinski definition) is 2. The Bertz CT molecular complexity index is 722. The molecule has 0 aliphatic heterocycles. The molecule has 0 saturated carbocycles. The molecule has 2 aromatic rings. The summed E-state index contributed by atoms with van der Waals surface area (Å²) in [4.78, 5) is 11.5. The van der Waals surface area contributed by atoms with Crippen LogP contribution < -0.4 is 4.74 Å². The number of carboxylic acids is 1. The number of phenols is 1. The zero-order valence-electron chi connectivity index (χ0n) is 11.9. The third kappa shape index (κ3) is 3.80. The fourth-order valence-electron chi connectivity index (χ4n) is 1.99. The summed E-state index contributed by atoms with van der Waals surface area (Å²) in [5, 5.41) is 19.7. The van der Waals surface area contributed by atoms with Crippen LogP contribution in [0.15, 0.2) is 42.5 Å². The Morgan fingerprint density at radius 1 is 1.27 bits per heavy atom. The van der Waals surface area contributed by atoms with Gasteiger partial charge in [-0.05, 0) is 48.9 Å². The van der Waals surface area contributed by atoms with Crippen molar-refractivity contribution in [3.05, 3.63) is 58.6 Å². The van der Waals surface area contributed by atoms with Gasteiger partial charge in [0.25, 0.3) is 0 Å². The van der Waals surface area contributed by atoms with Gasteiger partial charge in [-0.1, -0.05) is 23.7 Å². The maximum Gasteiger partial charge on any atom is 0.336 e. The molecule has 2 rings (SSSR count). The second-order valence-electron chi connectivity index (χ2n) is 4.53. The number of hydrogen-bond acceptors (Lipinski definition) is 3. The first kappa shape index (κ1) is 15.9. The van der Waals surface area contributed by atoms with Gasteiger partial charge in [-0.15, -0.1) is 0 Å². The van der Waals surface area contributed by atoms with Gasteiger partial charge in [0.05, 0.1) is 12.2 Å². The third-order valence-corrected chi connectivity index (χ3v) is 3.21. The lowest BCUT2D eigenvalue weighted by Gasteiger charge is -2.08. The number of ether oxygens (including phenoxy) is 1. The predicted octanol–water partition coefficient (Wildman–Crippen LogP) is 4.07. The topological polar surface area (TPSA) is 66.8 Å². The number of carboxylic acid groups (broad SMARTS) is 1. The Labute approximate surface area is 133 Å². The molecule has 0 saturated heterocycles. The average Bonchev–Trinajstić information content (AvgIpc) is 2.48. The lowest BCUT2D eigenvalue weighted by molar-refractivity contribution is -0.130. The van der Waals surface area contributed by atoms with Crippen LogP contribution in [0, 0.1) is 0 Å². The Hall–Kier alpha value is -2.46. The van der Waals surface area contributed by atoms with E-state index in [0.717, 1.165) is 0 Å².